The van der Waals surface area contributed by atoms with Gasteiger partial charge in [-0.25, -0.2) is 0 Å². The molecule has 0 amide bonds. The van der Waals surface area contributed by atoms with Gasteiger partial charge in [-0.05, 0) is 31.0 Å². The molecule has 2 aliphatic heterocycles. The van der Waals surface area contributed by atoms with Gasteiger partial charge < -0.3 is 24.6 Å². The molecule has 2 saturated heterocycles. The molecule has 0 aliphatic carbocycles. The molecule has 7 heteroatoms. The summed E-state index contributed by atoms with van der Waals surface area (Å²) in [6.07, 6.45) is 1.85. The zero-order valence-corrected chi connectivity index (χ0v) is 20.0. The van der Waals surface area contributed by atoms with Crippen molar-refractivity contribution >= 4 is 35.6 Å². The zero-order chi connectivity index (χ0) is 19.3. The largest absolute Gasteiger partial charge is 0.381 e. The van der Waals surface area contributed by atoms with Crippen molar-refractivity contribution in [3.63, 3.8) is 0 Å². The summed E-state index contributed by atoms with van der Waals surface area (Å²) >= 11 is 0. The molecule has 3 rings (SSSR count). The Labute approximate surface area is 186 Å². The molecule has 6 nitrogen and oxygen atoms in total. The number of aryl methyl sites for hydroxylation is 1. The molecule has 1 aromatic carbocycles. The van der Waals surface area contributed by atoms with Gasteiger partial charge in [0.15, 0.2) is 5.96 Å². The first-order valence-corrected chi connectivity index (χ1v) is 9.98. The third-order valence-electron chi connectivity index (χ3n) is 6.11. The Bertz CT molecular complexity index is 654. The van der Waals surface area contributed by atoms with E-state index in [9.17, 15) is 0 Å². The van der Waals surface area contributed by atoms with Gasteiger partial charge in [-0.15, -0.1) is 24.0 Å². The van der Waals surface area contributed by atoms with E-state index >= 15 is 0 Å². The fourth-order valence-corrected chi connectivity index (χ4v) is 4.01. The van der Waals surface area contributed by atoms with Gasteiger partial charge in [0.1, 0.15) is 0 Å². The van der Waals surface area contributed by atoms with Crippen LogP contribution in [0, 0.1) is 13.8 Å². The van der Waals surface area contributed by atoms with Crippen molar-refractivity contribution in [2.45, 2.75) is 32.3 Å². The van der Waals surface area contributed by atoms with Crippen molar-refractivity contribution in [1.82, 2.24) is 10.2 Å². The predicted molar refractivity (Wildman–Crippen MR) is 126 cm³/mol. The Hall–Kier alpha value is -1.06. The molecule has 0 saturated carbocycles. The van der Waals surface area contributed by atoms with Crippen LogP contribution in [0.25, 0.3) is 0 Å². The molecule has 0 spiro atoms. The summed E-state index contributed by atoms with van der Waals surface area (Å²) in [5, 5.41) is 3.55. The number of anilines is 1. The molecule has 2 aliphatic rings. The normalized spacial score (nSPS) is 19.9. The van der Waals surface area contributed by atoms with Crippen LogP contribution in [0.15, 0.2) is 23.2 Å². The molecule has 2 heterocycles. The number of piperazine rings is 1. The lowest BCUT2D eigenvalue weighted by Crippen LogP contribution is -2.56. The number of methoxy groups -OCH3 is 1. The number of hydrogen-bond acceptors (Lipinski definition) is 4. The number of nitrogens with one attached hydrogen (secondary N) is 1. The number of benzene rings is 1. The van der Waals surface area contributed by atoms with Gasteiger partial charge >= 0.3 is 0 Å². The van der Waals surface area contributed by atoms with Gasteiger partial charge in [-0.2, -0.15) is 0 Å². The van der Waals surface area contributed by atoms with Crippen LogP contribution in [0.4, 0.5) is 5.69 Å². The summed E-state index contributed by atoms with van der Waals surface area (Å²) in [5.41, 5.74) is 3.95. The van der Waals surface area contributed by atoms with Crippen LogP contribution in [0.1, 0.15) is 24.0 Å². The molecule has 1 aromatic rings. The number of aliphatic imine (C=N–C) groups is 1. The summed E-state index contributed by atoms with van der Waals surface area (Å²) < 4.78 is 11.3. The number of guanidine groups is 1. The molecule has 1 N–H and O–H groups in total. The first-order chi connectivity index (χ1) is 13.1. The maximum absolute atomic E-state index is 5.84. The molecule has 0 bridgehead atoms. The van der Waals surface area contributed by atoms with Crippen LogP contribution in [0.3, 0.4) is 0 Å². The highest BCUT2D eigenvalue weighted by Crippen LogP contribution is 2.25. The van der Waals surface area contributed by atoms with Crippen molar-refractivity contribution < 1.29 is 9.47 Å². The number of nitrogens with zero attached hydrogens (tertiary/aromatic N) is 3. The van der Waals surface area contributed by atoms with E-state index in [4.69, 9.17) is 9.47 Å². The highest BCUT2D eigenvalue weighted by atomic mass is 127. The minimum atomic E-state index is -0.144. The van der Waals surface area contributed by atoms with E-state index in [2.05, 4.69) is 52.2 Å². The van der Waals surface area contributed by atoms with Crippen molar-refractivity contribution in [3.8, 4) is 0 Å². The van der Waals surface area contributed by atoms with Gasteiger partial charge in [0, 0.05) is 78.6 Å². The Morgan fingerprint density at radius 3 is 2.46 bits per heavy atom. The average molecular weight is 502 g/mol. The number of halogens is 1. The Morgan fingerprint density at radius 1 is 1.18 bits per heavy atom. The summed E-state index contributed by atoms with van der Waals surface area (Å²) in [4.78, 5) is 9.36. The molecule has 2 fully saturated rings. The second-order valence-electron chi connectivity index (χ2n) is 7.59. The van der Waals surface area contributed by atoms with Crippen LogP contribution in [-0.4, -0.2) is 76.6 Å². The van der Waals surface area contributed by atoms with Gasteiger partial charge in [0.05, 0.1) is 5.60 Å². The highest BCUT2D eigenvalue weighted by molar-refractivity contribution is 14.0. The third-order valence-corrected chi connectivity index (χ3v) is 6.11. The van der Waals surface area contributed by atoms with Gasteiger partial charge in [0.25, 0.3) is 0 Å². The maximum Gasteiger partial charge on any atom is 0.193 e. The van der Waals surface area contributed by atoms with E-state index in [1.165, 1.54) is 16.8 Å². The van der Waals surface area contributed by atoms with E-state index < -0.39 is 0 Å². The van der Waals surface area contributed by atoms with E-state index in [-0.39, 0.29) is 29.6 Å². The quantitative estimate of drug-likeness (QED) is 0.390. The lowest BCUT2D eigenvalue weighted by molar-refractivity contribution is -0.0857. The Balaban J connectivity index is 0.00000280. The third kappa shape index (κ3) is 5.30. The SMILES string of the molecule is CN=C(NCC1(OC)CCOCC1)N1CCN(c2cccc(C)c2C)CC1.I. The molecule has 28 heavy (non-hydrogen) atoms. The van der Waals surface area contributed by atoms with Gasteiger partial charge in [-0.3, -0.25) is 4.99 Å². The van der Waals surface area contributed by atoms with Gasteiger partial charge in [-0.1, -0.05) is 12.1 Å². The van der Waals surface area contributed by atoms with Crippen molar-refractivity contribution in [2.75, 3.05) is 65.0 Å². The molecule has 0 atom stereocenters. The van der Waals surface area contributed by atoms with Crippen molar-refractivity contribution in [1.29, 1.82) is 0 Å². The van der Waals surface area contributed by atoms with Crippen molar-refractivity contribution in [2.24, 2.45) is 4.99 Å². The lowest BCUT2D eigenvalue weighted by Gasteiger charge is -2.40. The molecule has 158 valence electrons. The fourth-order valence-electron chi connectivity index (χ4n) is 4.01. The maximum atomic E-state index is 5.84. The van der Waals surface area contributed by atoms with E-state index in [0.29, 0.717) is 0 Å². The van der Waals surface area contributed by atoms with Crippen molar-refractivity contribution in [3.05, 3.63) is 29.3 Å². The minimum Gasteiger partial charge on any atom is -0.381 e. The predicted octanol–water partition coefficient (Wildman–Crippen LogP) is 2.81. The average Bonchev–Trinajstić information content (AvgIpc) is 2.72. The molecule has 0 unspecified atom stereocenters. The van der Waals surface area contributed by atoms with E-state index in [1.54, 1.807) is 7.11 Å². The topological polar surface area (TPSA) is 49.3 Å². The van der Waals surface area contributed by atoms with Gasteiger partial charge in [0.2, 0.25) is 0 Å². The summed E-state index contributed by atoms with van der Waals surface area (Å²) in [5.74, 6) is 0.971. The summed E-state index contributed by atoms with van der Waals surface area (Å²) in [6.45, 7) is 10.7. The molecule has 0 radical (unpaired) electrons. The van der Waals surface area contributed by atoms with E-state index in [0.717, 1.165) is 64.7 Å². The zero-order valence-electron chi connectivity index (χ0n) is 17.7. The first-order valence-electron chi connectivity index (χ1n) is 9.98. The second kappa shape index (κ2) is 10.6. The summed E-state index contributed by atoms with van der Waals surface area (Å²) in [7, 11) is 3.67. The lowest BCUT2D eigenvalue weighted by atomic mass is 9.94. The van der Waals surface area contributed by atoms with Crippen LogP contribution >= 0.6 is 24.0 Å². The smallest absolute Gasteiger partial charge is 0.193 e. The molecular formula is C21H35IN4O2. The standard InChI is InChI=1S/C21H34N4O2.HI/c1-17-6-5-7-19(18(17)2)24-10-12-25(13-11-24)20(22-3)23-16-21(26-4)8-14-27-15-9-21;/h5-7H,8-16H2,1-4H3,(H,22,23);1H. The van der Waals surface area contributed by atoms with E-state index in [1.807, 2.05) is 7.05 Å². The Kier molecular flexibility index (Phi) is 8.82. The monoisotopic (exact) mass is 502 g/mol. The number of hydrogen-bond donors (Lipinski definition) is 1. The summed E-state index contributed by atoms with van der Waals surface area (Å²) in [6, 6.07) is 6.57. The first kappa shape index (κ1) is 23.2. The number of rotatable bonds is 4. The van der Waals surface area contributed by atoms with Crippen LogP contribution in [0.2, 0.25) is 0 Å². The Morgan fingerprint density at radius 2 is 1.86 bits per heavy atom. The van der Waals surface area contributed by atoms with Crippen LogP contribution < -0.4 is 10.2 Å². The fraction of sp³-hybridized carbons (Fsp3) is 0.667. The number of ether oxygens (including phenoxy) is 2. The second-order valence-corrected chi connectivity index (χ2v) is 7.59. The molecule has 0 aromatic heterocycles. The van der Waals surface area contributed by atoms with Crippen LogP contribution in [0.5, 0.6) is 0 Å². The van der Waals surface area contributed by atoms with Crippen LogP contribution in [-0.2, 0) is 9.47 Å². The highest BCUT2D eigenvalue weighted by Gasteiger charge is 2.33. The molecular weight excluding hydrogens is 467 g/mol. The minimum absolute atomic E-state index is 0.